The van der Waals surface area contributed by atoms with Crippen molar-refractivity contribution in [1.29, 1.82) is 0 Å². The van der Waals surface area contributed by atoms with Gasteiger partial charge in [0.05, 0.1) is 0 Å². The highest BCUT2D eigenvalue weighted by Gasteiger charge is 2.65. The van der Waals surface area contributed by atoms with Crippen molar-refractivity contribution < 1.29 is 4.79 Å². The molecule has 4 N–H and O–H groups in total. The van der Waals surface area contributed by atoms with Crippen LogP contribution in [0.1, 0.15) is 48.2 Å². The molecule has 3 aliphatic carbocycles. The van der Waals surface area contributed by atoms with Gasteiger partial charge in [0, 0.05) is 12.0 Å². The topological polar surface area (TPSA) is 115 Å². The van der Waals surface area contributed by atoms with Crippen molar-refractivity contribution in [3.63, 3.8) is 0 Å². The van der Waals surface area contributed by atoms with Crippen molar-refractivity contribution in [2.75, 3.05) is 11.1 Å². The first-order valence-corrected chi connectivity index (χ1v) is 10.4. The summed E-state index contributed by atoms with van der Waals surface area (Å²) in [5.74, 6) is 2.99. The van der Waals surface area contributed by atoms with E-state index in [1.807, 2.05) is 6.92 Å². The normalized spacial score (nSPS) is 33.8. The van der Waals surface area contributed by atoms with Crippen LogP contribution in [-0.2, 0) is 5.66 Å². The van der Waals surface area contributed by atoms with E-state index in [9.17, 15) is 9.59 Å². The summed E-state index contributed by atoms with van der Waals surface area (Å²) in [5.41, 5.74) is 6.69. The molecule has 2 bridgehead atoms. The van der Waals surface area contributed by atoms with Gasteiger partial charge >= 0.3 is 0 Å². The number of nitrogens with one attached hydrogen (secondary N) is 2. The number of hydrogen-bond acceptors (Lipinski definition) is 6. The van der Waals surface area contributed by atoms with Crippen LogP contribution < -0.4 is 21.9 Å². The lowest BCUT2D eigenvalue weighted by molar-refractivity contribution is 0.0617. The number of nitrogen functional groups attached to an aromatic ring is 1. The molecule has 3 heterocycles. The maximum atomic E-state index is 13.6. The molecule has 2 aromatic heterocycles. The van der Waals surface area contributed by atoms with E-state index in [1.54, 1.807) is 16.7 Å². The molecule has 2 aromatic rings. The quantitative estimate of drug-likeness (QED) is 0.721. The zero-order valence-electron chi connectivity index (χ0n) is 16.3. The van der Waals surface area contributed by atoms with Crippen molar-refractivity contribution in [2.24, 2.45) is 23.7 Å². The second kappa shape index (κ2) is 5.58. The number of nitrogens with zero attached hydrogens (tertiary/aromatic N) is 3. The molecule has 6 rings (SSSR count). The van der Waals surface area contributed by atoms with Gasteiger partial charge in [0.2, 0.25) is 0 Å². The Morgan fingerprint density at radius 1 is 1.24 bits per heavy atom. The summed E-state index contributed by atoms with van der Waals surface area (Å²) in [5, 5.41) is 6.36. The molecule has 0 radical (unpaired) electrons. The van der Waals surface area contributed by atoms with Crippen molar-refractivity contribution >= 4 is 23.2 Å². The molecule has 1 aliphatic heterocycles. The zero-order chi connectivity index (χ0) is 19.9. The molecule has 5 unspecified atom stereocenters. The summed E-state index contributed by atoms with van der Waals surface area (Å²) in [6.45, 7) is 1.88. The fourth-order valence-corrected chi connectivity index (χ4v) is 6.90. The van der Waals surface area contributed by atoms with E-state index in [1.165, 1.54) is 25.6 Å². The highest BCUT2D eigenvalue weighted by atomic mass is 16.2. The first-order valence-electron chi connectivity index (χ1n) is 10.4. The molecule has 5 atom stereocenters. The zero-order valence-corrected chi connectivity index (χ0v) is 16.3. The number of rotatable bonds is 2. The Balaban J connectivity index is 1.49. The van der Waals surface area contributed by atoms with Gasteiger partial charge in [-0.15, -0.1) is 0 Å². The number of fused-ring (bicyclic) bond motifs is 8. The Bertz CT molecular complexity index is 1110. The third kappa shape index (κ3) is 2.14. The molecule has 1 amide bonds. The van der Waals surface area contributed by atoms with Gasteiger partial charge in [0.1, 0.15) is 35.0 Å². The summed E-state index contributed by atoms with van der Waals surface area (Å²) >= 11 is 0. The number of aryl methyl sites for hydroxylation is 1. The molecule has 1 spiro atoms. The summed E-state index contributed by atoms with van der Waals surface area (Å²) in [7, 11) is 0. The Morgan fingerprint density at radius 3 is 2.90 bits per heavy atom. The maximum Gasteiger partial charge on any atom is 0.276 e. The standard InChI is InChI=1S/C21H24N6O2/c1-10-5-15(25-17-7-16(22)23-9-24-17)20(29)27-18(10)19(28)26-21(27)8-11-6-14(21)13-4-2-3-12(11)13/h5,7,9,11-14H,2-4,6,8H2,1H3,(H,26,28)(H3,22,23,24,25). The highest BCUT2D eigenvalue weighted by molar-refractivity contribution is 5.97. The minimum Gasteiger partial charge on any atom is -0.384 e. The molecule has 8 heteroatoms. The third-order valence-corrected chi connectivity index (χ3v) is 7.78. The molecule has 3 saturated carbocycles. The van der Waals surface area contributed by atoms with Gasteiger partial charge in [-0.2, -0.15) is 0 Å². The van der Waals surface area contributed by atoms with E-state index >= 15 is 0 Å². The minimum atomic E-state index is -0.577. The fourth-order valence-electron chi connectivity index (χ4n) is 6.90. The van der Waals surface area contributed by atoms with E-state index in [-0.39, 0.29) is 11.5 Å². The smallest absolute Gasteiger partial charge is 0.276 e. The van der Waals surface area contributed by atoms with Gasteiger partial charge in [-0.25, -0.2) is 9.97 Å². The van der Waals surface area contributed by atoms with E-state index < -0.39 is 5.66 Å². The molecule has 29 heavy (non-hydrogen) atoms. The van der Waals surface area contributed by atoms with Gasteiger partial charge in [-0.05, 0) is 62.0 Å². The number of amides is 1. The number of carbonyl (C=O) groups is 1. The van der Waals surface area contributed by atoms with Crippen LogP contribution in [0, 0.1) is 30.6 Å². The van der Waals surface area contributed by atoms with E-state index in [0.717, 1.165) is 24.3 Å². The van der Waals surface area contributed by atoms with Gasteiger partial charge < -0.3 is 16.4 Å². The van der Waals surface area contributed by atoms with Crippen LogP contribution in [0.2, 0.25) is 0 Å². The number of hydrogen-bond donors (Lipinski definition) is 3. The summed E-state index contributed by atoms with van der Waals surface area (Å²) in [6, 6.07) is 3.32. The summed E-state index contributed by atoms with van der Waals surface area (Å²) in [6.07, 6.45) is 7.11. The second-order valence-electron chi connectivity index (χ2n) is 9.13. The van der Waals surface area contributed by atoms with Crippen LogP contribution >= 0.6 is 0 Å². The SMILES string of the molecule is Cc1cc(Nc2cc(N)ncn2)c(=O)n2c1C(=O)NC21CC2CC1C1CCCC21. The highest BCUT2D eigenvalue weighted by Crippen LogP contribution is 2.64. The fraction of sp³-hybridized carbons (Fsp3) is 0.524. The van der Waals surface area contributed by atoms with E-state index in [0.29, 0.717) is 40.8 Å². The van der Waals surface area contributed by atoms with Crippen LogP contribution in [0.3, 0.4) is 0 Å². The summed E-state index contributed by atoms with van der Waals surface area (Å²) < 4.78 is 1.77. The van der Waals surface area contributed by atoms with Gasteiger partial charge in [-0.3, -0.25) is 14.2 Å². The van der Waals surface area contributed by atoms with Crippen LogP contribution in [0.15, 0.2) is 23.3 Å². The molecule has 8 nitrogen and oxygen atoms in total. The number of aromatic nitrogens is 3. The molecule has 0 saturated heterocycles. The Labute approximate surface area is 167 Å². The first kappa shape index (κ1) is 17.0. The van der Waals surface area contributed by atoms with Crippen molar-refractivity contribution in [1.82, 2.24) is 19.9 Å². The lowest BCUT2D eigenvalue weighted by Gasteiger charge is -2.41. The monoisotopic (exact) mass is 392 g/mol. The predicted molar refractivity (Wildman–Crippen MR) is 108 cm³/mol. The molecular weight excluding hydrogens is 368 g/mol. The Kier molecular flexibility index (Phi) is 3.27. The van der Waals surface area contributed by atoms with Crippen molar-refractivity contribution in [2.45, 2.75) is 44.7 Å². The number of nitrogens with two attached hydrogens (primary N) is 1. The van der Waals surface area contributed by atoms with Crippen LogP contribution in [0.5, 0.6) is 0 Å². The minimum absolute atomic E-state index is 0.125. The first-order chi connectivity index (χ1) is 14.0. The maximum absolute atomic E-state index is 13.6. The lowest BCUT2D eigenvalue weighted by atomic mass is 9.75. The molecule has 150 valence electrons. The average Bonchev–Trinajstić information content (AvgIpc) is 3.40. The van der Waals surface area contributed by atoms with E-state index in [4.69, 9.17) is 5.73 Å². The number of anilines is 3. The van der Waals surface area contributed by atoms with Crippen molar-refractivity contribution in [3.05, 3.63) is 40.1 Å². The van der Waals surface area contributed by atoms with Crippen LogP contribution in [-0.4, -0.2) is 20.4 Å². The van der Waals surface area contributed by atoms with E-state index in [2.05, 4.69) is 20.6 Å². The molecule has 3 fully saturated rings. The Hall–Kier alpha value is -2.90. The number of carbonyl (C=O) groups excluding carboxylic acids is 1. The van der Waals surface area contributed by atoms with Crippen LogP contribution in [0.25, 0.3) is 0 Å². The average molecular weight is 392 g/mol. The largest absolute Gasteiger partial charge is 0.384 e. The lowest BCUT2D eigenvalue weighted by Crippen LogP contribution is -2.54. The summed E-state index contributed by atoms with van der Waals surface area (Å²) in [4.78, 5) is 34.6. The van der Waals surface area contributed by atoms with Gasteiger partial charge in [0.25, 0.3) is 11.5 Å². The molecular formula is C21H24N6O2. The van der Waals surface area contributed by atoms with Gasteiger partial charge in [0.15, 0.2) is 0 Å². The number of pyridine rings is 1. The van der Waals surface area contributed by atoms with Gasteiger partial charge in [-0.1, -0.05) is 6.42 Å². The van der Waals surface area contributed by atoms with Crippen LogP contribution in [0.4, 0.5) is 17.3 Å². The molecule has 0 aromatic carbocycles. The second-order valence-corrected chi connectivity index (χ2v) is 9.13. The molecule has 4 aliphatic rings. The Morgan fingerprint density at radius 2 is 2.07 bits per heavy atom. The predicted octanol–water partition coefficient (Wildman–Crippen LogP) is 2.12. The third-order valence-electron chi connectivity index (χ3n) is 7.78. The van der Waals surface area contributed by atoms with Crippen molar-refractivity contribution in [3.8, 4) is 0 Å².